The lowest BCUT2D eigenvalue weighted by molar-refractivity contribution is -0.139. The number of benzene rings is 5. The summed E-state index contributed by atoms with van der Waals surface area (Å²) in [7, 11) is 7.61. The van der Waals surface area contributed by atoms with Crippen molar-refractivity contribution in [3.8, 4) is 52.1 Å². The molecule has 0 amide bonds. The molecule has 1 heterocycles. The zero-order chi connectivity index (χ0) is 54.0. The quantitative estimate of drug-likeness (QED) is 0.0230. The number of ether oxygens (including phenoxy) is 12. The highest BCUT2D eigenvalue weighted by Crippen LogP contribution is 2.59. The summed E-state index contributed by atoms with van der Waals surface area (Å²) in [5.74, 6) is -2.16. The molecule has 3 unspecified atom stereocenters. The molecule has 3 atom stereocenters. The molecule has 20 heteroatoms. The molecule has 1 aliphatic heterocycles. The van der Waals surface area contributed by atoms with Gasteiger partial charge in [0.1, 0.15) is 63.2 Å². The fraction of sp³-hybridized carbons (Fsp3) is 0.309. The van der Waals surface area contributed by atoms with Gasteiger partial charge in [0.15, 0.2) is 5.57 Å². The number of nitriles is 1. The Morgan fingerprint density at radius 3 is 1.24 bits per heavy atom. The Kier molecular flexibility index (Phi) is 20.9. The smallest absolute Gasteiger partial charge is 0.350 e. The van der Waals surface area contributed by atoms with Gasteiger partial charge in [-0.2, -0.15) is 5.26 Å². The standard InChI is InChI=1S/C55H55NO17S2/c1-32(62-4)23-26-67-39-17-19-41(46(29-39)65-7)53(60)70-37-13-9-35(10-14-37)50(57)72-44-21-22-45(49-48(44)74-55(75-49)43(31-56)52(59)69-28-25-34(3)64-6)73-51(58)36-11-15-38(16-12-36)71-54(61)42-20-18-40(30-47(42)66-8)68-27-24-33(2)63-5/h9-22,29-30,32-34H,23-28H2,1-8H3. The van der Waals surface area contributed by atoms with Gasteiger partial charge in [0.25, 0.3) is 0 Å². The summed E-state index contributed by atoms with van der Waals surface area (Å²) >= 11 is 1.90. The highest BCUT2D eigenvalue weighted by atomic mass is 32.2. The molecule has 0 fully saturated rings. The molecule has 1 aliphatic rings. The fourth-order valence-corrected chi connectivity index (χ4v) is 9.17. The second kappa shape index (κ2) is 27.7. The van der Waals surface area contributed by atoms with E-state index in [9.17, 15) is 29.2 Å². The number of fused-ring (bicyclic) bond motifs is 1. The first kappa shape index (κ1) is 56.8. The second-order valence-corrected chi connectivity index (χ2v) is 18.7. The summed E-state index contributed by atoms with van der Waals surface area (Å²) in [6.07, 6.45) is 1.53. The van der Waals surface area contributed by atoms with Crippen LogP contribution in [0, 0.1) is 11.3 Å². The predicted molar refractivity (Wildman–Crippen MR) is 275 cm³/mol. The van der Waals surface area contributed by atoms with Crippen LogP contribution < -0.4 is 37.9 Å². The third-order valence-corrected chi connectivity index (χ3v) is 13.9. The number of thioether (sulfide) groups is 2. The van der Waals surface area contributed by atoms with Gasteiger partial charge in [-0.15, -0.1) is 0 Å². The molecule has 0 spiro atoms. The van der Waals surface area contributed by atoms with Crippen LogP contribution in [0.1, 0.15) is 81.5 Å². The molecule has 6 rings (SSSR count). The number of esters is 5. The highest BCUT2D eigenvalue weighted by molar-refractivity contribution is 8.24. The van der Waals surface area contributed by atoms with E-state index in [1.165, 1.54) is 94.1 Å². The van der Waals surface area contributed by atoms with E-state index in [1.54, 1.807) is 45.4 Å². The molecule has 0 aliphatic carbocycles. The van der Waals surface area contributed by atoms with Crippen LogP contribution in [0.3, 0.4) is 0 Å². The number of rotatable bonds is 25. The van der Waals surface area contributed by atoms with Gasteiger partial charge in [0, 0.05) is 52.7 Å². The molecule has 5 aromatic rings. The van der Waals surface area contributed by atoms with Crippen molar-refractivity contribution in [1.82, 2.24) is 0 Å². The molecule has 75 heavy (non-hydrogen) atoms. The van der Waals surface area contributed by atoms with Crippen molar-refractivity contribution in [2.24, 2.45) is 0 Å². The van der Waals surface area contributed by atoms with Gasteiger partial charge in [-0.3, -0.25) is 0 Å². The molecule has 0 N–H and O–H groups in total. The number of hydrogen-bond donors (Lipinski definition) is 0. The van der Waals surface area contributed by atoms with Crippen molar-refractivity contribution < 1.29 is 80.8 Å². The number of carbonyl (C=O) groups is 5. The van der Waals surface area contributed by atoms with Gasteiger partial charge in [0.2, 0.25) is 0 Å². The maximum Gasteiger partial charge on any atom is 0.350 e. The molecule has 5 aromatic carbocycles. The van der Waals surface area contributed by atoms with Crippen molar-refractivity contribution in [3.05, 3.63) is 129 Å². The topological polar surface area (TPSA) is 220 Å². The van der Waals surface area contributed by atoms with E-state index in [4.69, 9.17) is 56.8 Å². The first-order valence-electron chi connectivity index (χ1n) is 23.3. The lowest BCUT2D eigenvalue weighted by atomic mass is 10.2. The first-order valence-corrected chi connectivity index (χ1v) is 24.9. The number of carbonyl (C=O) groups excluding carboxylic acids is 5. The number of hydrogen-bond acceptors (Lipinski definition) is 20. The second-order valence-electron chi connectivity index (χ2n) is 16.4. The minimum atomic E-state index is -0.886. The molecule has 394 valence electrons. The minimum absolute atomic E-state index is 0.0141. The summed E-state index contributed by atoms with van der Waals surface area (Å²) in [4.78, 5) is 67.5. The maximum absolute atomic E-state index is 13.7. The maximum atomic E-state index is 13.7. The van der Waals surface area contributed by atoms with Crippen LogP contribution in [0.25, 0.3) is 0 Å². The Balaban J connectivity index is 1.16. The van der Waals surface area contributed by atoms with E-state index < -0.39 is 29.8 Å². The molecule has 0 aromatic heterocycles. The number of methoxy groups -OCH3 is 5. The first-order chi connectivity index (χ1) is 36.2. The van der Waals surface area contributed by atoms with Gasteiger partial charge < -0.3 is 56.8 Å². The van der Waals surface area contributed by atoms with Crippen molar-refractivity contribution in [1.29, 1.82) is 5.26 Å². The normalized spacial score (nSPS) is 12.7. The van der Waals surface area contributed by atoms with Gasteiger partial charge in [-0.1, -0.05) is 23.5 Å². The summed E-state index contributed by atoms with van der Waals surface area (Å²) in [6, 6.07) is 25.5. The third-order valence-electron chi connectivity index (χ3n) is 11.3. The van der Waals surface area contributed by atoms with Gasteiger partial charge in [0.05, 0.1) is 77.5 Å². The molecule has 0 bridgehead atoms. The van der Waals surface area contributed by atoms with Crippen LogP contribution >= 0.6 is 23.5 Å². The highest BCUT2D eigenvalue weighted by Gasteiger charge is 2.33. The van der Waals surface area contributed by atoms with Crippen LogP contribution in [-0.2, 0) is 23.7 Å². The van der Waals surface area contributed by atoms with E-state index in [-0.39, 0.29) is 101 Å². The van der Waals surface area contributed by atoms with E-state index in [0.29, 0.717) is 44.0 Å². The molecule has 0 saturated heterocycles. The van der Waals surface area contributed by atoms with Gasteiger partial charge in [-0.05, 0) is 106 Å². The zero-order valence-corrected chi connectivity index (χ0v) is 44.0. The molecule has 0 saturated carbocycles. The lowest BCUT2D eigenvalue weighted by Crippen LogP contribution is -2.14. The molecule has 18 nitrogen and oxygen atoms in total. The van der Waals surface area contributed by atoms with Crippen molar-refractivity contribution in [3.63, 3.8) is 0 Å². The number of nitrogens with zero attached hydrogens (tertiary/aromatic N) is 1. The summed E-state index contributed by atoms with van der Waals surface area (Å²) in [5, 5.41) is 10.2. The summed E-state index contributed by atoms with van der Waals surface area (Å²) in [5.41, 5.74) is 0.134. The van der Waals surface area contributed by atoms with Crippen molar-refractivity contribution >= 4 is 53.4 Å². The summed E-state index contributed by atoms with van der Waals surface area (Å²) < 4.78 is 66.6. The Labute approximate surface area is 442 Å². The average Bonchev–Trinajstić information content (AvgIpc) is 3.87. The van der Waals surface area contributed by atoms with E-state index >= 15 is 0 Å². The SMILES string of the molecule is COc1cc(OCCC(C)OC)ccc1C(=O)Oc1ccc(C(=O)Oc2ccc(OC(=O)c3ccc(OC(=O)c4ccc(OCCC(C)OC)cc4OC)cc3)c3c2SC(=C(C#N)C(=O)OCCC(C)OC)S3)cc1. The average molecular weight is 1070 g/mol. The molecular formula is C55H55NO17S2. The minimum Gasteiger partial charge on any atom is -0.496 e. The predicted octanol–water partition coefficient (Wildman–Crippen LogP) is 10.1. The van der Waals surface area contributed by atoms with Gasteiger partial charge in [-0.25, -0.2) is 24.0 Å². The van der Waals surface area contributed by atoms with E-state index in [1.807, 2.05) is 19.9 Å². The third kappa shape index (κ3) is 15.5. The molecular weight excluding hydrogens is 1010 g/mol. The largest absolute Gasteiger partial charge is 0.496 e. The van der Waals surface area contributed by atoms with Gasteiger partial charge >= 0.3 is 29.8 Å². The zero-order valence-electron chi connectivity index (χ0n) is 42.4. The van der Waals surface area contributed by atoms with E-state index in [2.05, 4.69) is 0 Å². The van der Waals surface area contributed by atoms with Crippen molar-refractivity contribution in [2.75, 3.05) is 55.4 Å². The van der Waals surface area contributed by atoms with Crippen molar-refractivity contribution in [2.45, 2.75) is 68.1 Å². The van der Waals surface area contributed by atoms with Crippen LogP contribution in [0.4, 0.5) is 0 Å². The lowest BCUT2D eigenvalue weighted by Gasteiger charge is -2.13. The summed E-state index contributed by atoms with van der Waals surface area (Å²) in [6.45, 7) is 6.43. The molecule has 0 radical (unpaired) electrons. The monoisotopic (exact) mass is 1070 g/mol. The Bertz CT molecular complexity index is 2750. The fourth-order valence-electron chi connectivity index (χ4n) is 6.61. The Hall–Kier alpha value is -7.54. The van der Waals surface area contributed by atoms with E-state index in [0.717, 1.165) is 23.5 Å². The van der Waals surface area contributed by atoms with Crippen LogP contribution in [0.2, 0.25) is 0 Å². The van der Waals surface area contributed by atoms with Crippen LogP contribution in [0.5, 0.6) is 46.0 Å². The Morgan fingerprint density at radius 2 is 0.867 bits per heavy atom. The Morgan fingerprint density at radius 1 is 0.480 bits per heavy atom. The van der Waals surface area contributed by atoms with Crippen LogP contribution in [0.15, 0.2) is 117 Å². The van der Waals surface area contributed by atoms with Crippen LogP contribution in [-0.4, -0.2) is 104 Å².